The Hall–Kier alpha value is -1.85. The molecule has 6 heteroatoms. The molecule has 0 radical (unpaired) electrons. The Morgan fingerprint density at radius 3 is 2.12 bits per heavy atom. The van der Waals surface area contributed by atoms with Gasteiger partial charge in [0.2, 0.25) is 5.91 Å². The minimum Gasteiger partial charge on any atom is -0.348 e. The van der Waals surface area contributed by atoms with E-state index in [0.717, 1.165) is 10.0 Å². The lowest BCUT2D eigenvalue weighted by Crippen LogP contribution is -2.45. The summed E-state index contributed by atoms with van der Waals surface area (Å²) in [5, 5.41) is 6.13. The smallest absolute Gasteiger partial charge is 0.251 e. The molecule has 0 aliphatic rings. The standard InChI is InChI=1S/C18H18BrClN2O2/c1-11(13-3-7-15(19)8-4-13)21-17(23)12(2)22-18(24)14-5-9-16(20)10-6-14/h3-12H,1-2H3,(H,21,23)(H,22,24). The number of nitrogens with one attached hydrogen (secondary N) is 2. The fraction of sp³-hybridized carbons (Fsp3) is 0.222. The largest absolute Gasteiger partial charge is 0.348 e. The lowest BCUT2D eigenvalue weighted by molar-refractivity contribution is -0.123. The molecule has 0 fully saturated rings. The van der Waals surface area contributed by atoms with Gasteiger partial charge in [0.25, 0.3) is 5.91 Å². The fourth-order valence-electron chi connectivity index (χ4n) is 2.12. The zero-order valence-electron chi connectivity index (χ0n) is 13.3. The Morgan fingerprint density at radius 1 is 0.958 bits per heavy atom. The molecular formula is C18H18BrClN2O2. The van der Waals surface area contributed by atoms with Crippen molar-refractivity contribution >= 4 is 39.3 Å². The molecule has 0 aliphatic carbocycles. The molecule has 4 nitrogen and oxygen atoms in total. The second-order valence-corrected chi connectivity index (χ2v) is 6.84. The first kappa shape index (κ1) is 18.5. The van der Waals surface area contributed by atoms with Crippen molar-refractivity contribution in [3.05, 3.63) is 69.2 Å². The fourth-order valence-corrected chi connectivity index (χ4v) is 2.51. The van der Waals surface area contributed by atoms with E-state index in [9.17, 15) is 9.59 Å². The van der Waals surface area contributed by atoms with Crippen LogP contribution in [0.25, 0.3) is 0 Å². The minimum atomic E-state index is -0.647. The number of benzene rings is 2. The first-order chi connectivity index (χ1) is 11.4. The van der Waals surface area contributed by atoms with Gasteiger partial charge in [0.15, 0.2) is 0 Å². The number of hydrogen-bond donors (Lipinski definition) is 2. The molecule has 2 rings (SSSR count). The monoisotopic (exact) mass is 408 g/mol. The number of hydrogen-bond acceptors (Lipinski definition) is 2. The predicted octanol–water partition coefficient (Wildman–Crippen LogP) is 4.10. The van der Waals surface area contributed by atoms with Crippen LogP contribution in [0.15, 0.2) is 53.0 Å². The van der Waals surface area contributed by atoms with Gasteiger partial charge in [-0.2, -0.15) is 0 Å². The van der Waals surface area contributed by atoms with Crippen LogP contribution in [0.4, 0.5) is 0 Å². The number of carbonyl (C=O) groups excluding carboxylic acids is 2. The van der Waals surface area contributed by atoms with Crippen molar-refractivity contribution in [1.29, 1.82) is 0 Å². The number of halogens is 2. The molecule has 2 aromatic rings. The molecule has 2 unspecified atom stereocenters. The van der Waals surface area contributed by atoms with Crippen molar-refractivity contribution in [2.45, 2.75) is 25.9 Å². The Labute approximate surface area is 154 Å². The summed E-state index contributed by atoms with van der Waals surface area (Å²) in [5.41, 5.74) is 1.45. The van der Waals surface area contributed by atoms with Crippen LogP contribution in [0.5, 0.6) is 0 Å². The van der Waals surface area contributed by atoms with Gasteiger partial charge in [-0.3, -0.25) is 9.59 Å². The topological polar surface area (TPSA) is 58.2 Å². The normalized spacial score (nSPS) is 13.0. The molecule has 0 aliphatic heterocycles. The van der Waals surface area contributed by atoms with Crippen molar-refractivity contribution in [1.82, 2.24) is 10.6 Å². The van der Waals surface area contributed by atoms with E-state index in [1.165, 1.54) is 0 Å². The maximum atomic E-state index is 12.3. The van der Waals surface area contributed by atoms with Crippen LogP contribution in [-0.4, -0.2) is 17.9 Å². The van der Waals surface area contributed by atoms with Gasteiger partial charge in [0.05, 0.1) is 6.04 Å². The first-order valence-electron chi connectivity index (χ1n) is 7.49. The quantitative estimate of drug-likeness (QED) is 0.781. The highest BCUT2D eigenvalue weighted by Gasteiger charge is 2.18. The Balaban J connectivity index is 1.92. The van der Waals surface area contributed by atoms with Crippen LogP contribution >= 0.6 is 27.5 Å². The van der Waals surface area contributed by atoms with Crippen molar-refractivity contribution in [2.75, 3.05) is 0 Å². The second kappa shape index (κ2) is 8.31. The molecule has 2 amide bonds. The molecule has 0 saturated heterocycles. The van der Waals surface area contributed by atoms with Crippen molar-refractivity contribution < 1.29 is 9.59 Å². The molecule has 0 saturated carbocycles. The highest BCUT2D eigenvalue weighted by Crippen LogP contribution is 2.16. The van der Waals surface area contributed by atoms with Gasteiger partial charge in [-0.25, -0.2) is 0 Å². The molecule has 126 valence electrons. The van der Waals surface area contributed by atoms with Gasteiger partial charge in [-0.15, -0.1) is 0 Å². The van der Waals surface area contributed by atoms with Crippen LogP contribution in [0, 0.1) is 0 Å². The third kappa shape index (κ3) is 5.08. The molecule has 24 heavy (non-hydrogen) atoms. The van der Waals surface area contributed by atoms with E-state index in [1.807, 2.05) is 31.2 Å². The average molecular weight is 410 g/mol. The SMILES string of the molecule is CC(NC(=O)c1ccc(Cl)cc1)C(=O)NC(C)c1ccc(Br)cc1. The Morgan fingerprint density at radius 2 is 1.54 bits per heavy atom. The summed E-state index contributed by atoms with van der Waals surface area (Å²) in [7, 11) is 0. The van der Waals surface area contributed by atoms with Gasteiger partial charge in [-0.05, 0) is 55.8 Å². The van der Waals surface area contributed by atoms with Crippen molar-refractivity contribution in [3.8, 4) is 0 Å². The average Bonchev–Trinajstić information content (AvgIpc) is 2.55. The van der Waals surface area contributed by atoms with Crippen LogP contribution in [0.3, 0.4) is 0 Å². The summed E-state index contributed by atoms with van der Waals surface area (Å²) in [6.45, 7) is 3.55. The maximum Gasteiger partial charge on any atom is 0.251 e. The van der Waals surface area contributed by atoms with Gasteiger partial charge in [-0.1, -0.05) is 39.7 Å². The van der Waals surface area contributed by atoms with Crippen LogP contribution in [-0.2, 0) is 4.79 Å². The van der Waals surface area contributed by atoms with Gasteiger partial charge >= 0.3 is 0 Å². The van der Waals surface area contributed by atoms with Gasteiger partial charge in [0, 0.05) is 15.1 Å². The summed E-state index contributed by atoms with van der Waals surface area (Å²) < 4.78 is 0.980. The van der Waals surface area contributed by atoms with E-state index in [1.54, 1.807) is 31.2 Å². The maximum absolute atomic E-state index is 12.3. The second-order valence-electron chi connectivity index (χ2n) is 5.48. The van der Waals surface area contributed by atoms with E-state index in [-0.39, 0.29) is 17.9 Å². The molecule has 2 N–H and O–H groups in total. The molecule has 2 atom stereocenters. The number of carbonyl (C=O) groups is 2. The third-order valence-corrected chi connectivity index (χ3v) is 4.36. The zero-order chi connectivity index (χ0) is 17.7. The number of rotatable bonds is 5. The Bertz CT molecular complexity index is 717. The van der Waals surface area contributed by atoms with Crippen LogP contribution in [0.1, 0.15) is 35.8 Å². The van der Waals surface area contributed by atoms with Crippen LogP contribution < -0.4 is 10.6 Å². The van der Waals surface area contributed by atoms with E-state index < -0.39 is 6.04 Å². The highest BCUT2D eigenvalue weighted by atomic mass is 79.9. The molecule has 0 aromatic heterocycles. The zero-order valence-corrected chi connectivity index (χ0v) is 15.7. The Kier molecular flexibility index (Phi) is 6.40. The molecule has 2 aromatic carbocycles. The van der Waals surface area contributed by atoms with E-state index in [0.29, 0.717) is 10.6 Å². The van der Waals surface area contributed by atoms with E-state index >= 15 is 0 Å². The minimum absolute atomic E-state index is 0.152. The van der Waals surface area contributed by atoms with E-state index in [4.69, 9.17) is 11.6 Å². The molecule has 0 bridgehead atoms. The number of amides is 2. The summed E-state index contributed by atoms with van der Waals surface area (Å²) in [6, 6.07) is 13.4. The van der Waals surface area contributed by atoms with Gasteiger partial charge in [0.1, 0.15) is 6.04 Å². The third-order valence-electron chi connectivity index (χ3n) is 3.58. The molecule has 0 spiro atoms. The van der Waals surface area contributed by atoms with Gasteiger partial charge < -0.3 is 10.6 Å². The van der Waals surface area contributed by atoms with Crippen molar-refractivity contribution in [2.24, 2.45) is 0 Å². The van der Waals surface area contributed by atoms with Crippen molar-refractivity contribution in [3.63, 3.8) is 0 Å². The summed E-state index contributed by atoms with van der Waals surface area (Å²) in [6.07, 6.45) is 0. The van der Waals surface area contributed by atoms with E-state index in [2.05, 4.69) is 26.6 Å². The summed E-state index contributed by atoms with van der Waals surface area (Å²) in [4.78, 5) is 24.4. The highest BCUT2D eigenvalue weighted by molar-refractivity contribution is 9.10. The molecular weight excluding hydrogens is 392 g/mol. The summed E-state index contributed by atoms with van der Waals surface area (Å²) >= 11 is 9.18. The summed E-state index contributed by atoms with van der Waals surface area (Å²) in [5.74, 6) is -0.557. The molecule has 0 heterocycles. The lowest BCUT2D eigenvalue weighted by Gasteiger charge is -2.19. The predicted molar refractivity (Wildman–Crippen MR) is 99.1 cm³/mol. The lowest BCUT2D eigenvalue weighted by atomic mass is 10.1. The first-order valence-corrected chi connectivity index (χ1v) is 8.66. The van der Waals surface area contributed by atoms with Crippen LogP contribution in [0.2, 0.25) is 5.02 Å².